The highest BCUT2D eigenvalue weighted by Crippen LogP contribution is 2.26. The summed E-state index contributed by atoms with van der Waals surface area (Å²) in [5.41, 5.74) is 12.3. The van der Waals surface area contributed by atoms with Crippen molar-refractivity contribution < 1.29 is 29.3 Å². The Morgan fingerprint density at radius 3 is 1.76 bits per heavy atom. The Morgan fingerprint density at radius 1 is 0.897 bits per heavy atom. The normalized spacial score (nSPS) is 13.9. The van der Waals surface area contributed by atoms with Crippen LogP contribution in [0.5, 0.6) is 11.5 Å². The molecule has 3 rings (SSSR count). The largest absolute Gasteiger partial charge is 0.506 e. The van der Waals surface area contributed by atoms with Gasteiger partial charge in [0.15, 0.2) is 19.3 Å². The van der Waals surface area contributed by atoms with Crippen LogP contribution in [0.4, 0.5) is 22.7 Å². The first-order valence-corrected chi connectivity index (χ1v) is 8.68. The lowest BCUT2D eigenvalue weighted by Gasteiger charge is -2.23. The van der Waals surface area contributed by atoms with E-state index in [1.807, 2.05) is 0 Å². The first-order chi connectivity index (χ1) is 13.8. The highest BCUT2D eigenvalue weighted by Gasteiger charge is 2.36. The zero-order chi connectivity index (χ0) is 21.0. The molecule has 0 unspecified atom stereocenters. The summed E-state index contributed by atoms with van der Waals surface area (Å²) in [5, 5.41) is 25.0. The van der Waals surface area contributed by atoms with Crippen LogP contribution in [0.3, 0.4) is 0 Å². The third-order valence-corrected chi connectivity index (χ3v) is 4.27. The van der Waals surface area contributed by atoms with Gasteiger partial charge >= 0.3 is 6.34 Å². The van der Waals surface area contributed by atoms with E-state index in [2.05, 4.69) is 15.6 Å². The van der Waals surface area contributed by atoms with Gasteiger partial charge in [0, 0.05) is 23.5 Å². The smallest absolute Gasteiger partial charge is 0.336 e. The molecule has 0 aromatic heterocycles. The predicted octanol–water partition coefficient (Wildman–Crippen LogP) is -0.750. The van der Waals surface area contributed by atoms with Crippen LogP contribution in [0.15, 0.2) is 48.8 Å². The van der Waals surface area contributed by atoms with Crippen molar-refractivity contribution >= 4 is 40.9 Å². The summed E-state index contributed by atoms with van der Waals surface area (Å²) >= 11 is 0. The molecule has 10 nitrogen and oxygen atoms in total. The Morgan fingerprint density at radius 2 is 1.38 bits per heavy atom. The van der Waals surface area contributed by atoms with Gasteiger partial charge in [-0.3, -0.25) is 9.59 Å². The van der Waals surface area contributed by atoms with Crippen LogP contribution in [0.1, 0.15) is 0 Å². The standard InChI is InChI=1S/C19H20N6O4/c20-12-1-3-14(16(26)7-12)23-18(28)9-25(6-5-22-11-25)10-19(29)24-15-4-2-13(21)8-17(15)27/h1-8,11H,9-10,20-21H2,(H3-,23,24,26,27,28,29)/p+2. The third kappa shape index (κ3) is 4.82. The minimum absolute atomic E-state index is 0.103. The van der Waals surface area contributed by atoms with Gasteiger partial charge in [-0.05, 0) is 24.3 Å². The molecule has 29 heavy (non-hydrogen) atoms. The van der Waals surface area contributed by atoms with Crippen LogP contribution in [0.25, 0.3) is 0 Å². The maximum atomic E-state index is 12.5. The van der Waals surface area contributed by atoms with Crippen molar-refractivity contribution in [2.45, 2.75) is 0 Å². The first kappa shape index (κ1) is 19.7. The summed E-state index contributed by atoms with van der Waals surface area (Å²) in [6.45, 7) is -0.205. The fourth-order valence-corrected chi connectivity index (χ4v) is 2.90. The molecule has 0 aliphatic carbocycles. The number of carbonyl (C=O) groups is 2. The van der Waals surface area contributed by atoms with E-state index in [1.54, 1.807) is 30.9 Å². The zero-order valence-corrected chi connectivity index (χ0v) is 15.4. The van der Waals surface area contributed by atoms with Gasteiger partial charge in [-0.2, -0.15) is 9.48 Å². The lowest BCUT2D eigenvalue weighted by Crippen LogP contribution is -2.64. The summed E-state index contributed by atoms with van der Waals surface area (Å²) in [5.74, 6) is -1.14. The molecule has 0 spiro atoms. The number of quaternary nitrogens is 1. The van der Waals surface area contributed by atoms with Crippen molar-refractivity contribution in [3.8, 4) is 11.5 Å². The van der Waals surface area contributed by atoms with Gasteiger partial charge in [0.05, 0.1) is 11.4 Å². The van der Waals surface area contributed by atoms with Gasteiger partial charge in [0.2, 0.25) is 6.20 Å². The van der Waals surface area contributed by atoms with Crippen molar-refractivity contribution in [2.75, 3.05) is 35.2 Å². The van der Waals surface area contributed by atoms with Crippen LogP contribution in [-0.2, 0) is 9.59 Å². The number of phenols is 2. The second-order valence-corrected chi connectivity index (χ2v) is 6.68. The average Bonchev–Trinajstić information content (AvgIpc) is 3.07. The highest BCUT2D eigenvalue weighted by molar-refractivity contribution is 5.96. The number of rotatable bonds is 6. The Hall–Kier alpha value is -4.05. The summed E-state index contributed by atoms with van der Waals surface area (Å²) in [6, 6.07) is 8.74. The zero-order valence-electron chi connectivity index (χ0n) is 15.4. The van der Waals surface area contributed by atoms with Gasteiger partial charge in [0.25, 0.3) is 11.8 Å². The monoisotopic (exact) mass is 398 g/mol. The van der Waals surface area contributed by atoms with Crippen LogP contribution in [-0.4, -0.2) is 45.9 Å². The minimum Gasteiger partial charge on any atom is -0.506 e. The van der Waals surface area contributed by atoms with Crippen molar-refractivity contribution in [2.24, 2.45) is 0 Å². The maximum Gasteiger partial charge on any atom is 0.336 e. The van der Waals surface area contributed by atoms with Crippen molar-refractivity contribution in [1.82, 2.24) is 0 Å². The fraction of sp³-hybridized carbons (Fsp3) is 0.105. The molecule has 2 amide bonds. The summed E-state index contributed by atoms with van der Waals surface area (Å²) in [6.07, 6.45) is 4.86. The molecule has 0 bridgehead atoms. The van der Waals surface area contributed by atoms with Crippen LogP contribution in [0, 0.1) is 0 Å². The second-order valence-electron chi connectivity index (χ2n) is 6.68. The number of carbonyl (C=O) groups excluding carboxylic acids is 2. The predicted molar refractivity (Wildman–Crippen MR) is 108 cm³/mol. The number of amides is 2. The fourth-order valence-electron chi connectivity index (χ4n) is 2.90. The number of nitrogens with one attached hydrogen (secondary N) is 3. The molecule has 150 valence electrons. The van der Waals surface area contributed by atoms with Gasteiger partial charge in [0.1, 0.15) is 11.5 Å². The molecule has 10 heteroatoms. The van der Waals surface area contributed by atoms with E-state index < -0.39 is 11.8 Å². The number of hydrogen-bond acceptors (Lipinski definition) is 6. The maximum absolute atomic E-state index is 12.5. The summed E-state index contributed by atoms with van der Waals surface area (Å²) in [4.78, 5) is 27.9. The quantitative estimate of drug-likeness (QED) is 0.192. The van der Waals surface area contributed by atoms with Crippen LogP contribution < -0.4 is 27.1 Å². The number of nitrogens with two attached hydrogens (primary N) is 2. The molecule has 0 atom stereocenters. The van der Waals surface area contributed by atoms with E-state index in [9.17, 15) is 19.8 Å². The van der Waals surface area contributed by atoms with E-state index in [4.69, 9.17) is 11.5 Å². The van der Waals surface area contributed by atoms with Crippen molar-refractivity contribution in [3.05, 3.63) is 48.8 Å². The first-order valence-electron chi connectivity index (χ1n) is 8.68. The summed E-state index contributed by atoms with van der Waals surface area (Å²) < 4.78 is -0.108. The molecule has 0 fully saturated rings. The molecule has 1 heterocycles. The topological polar surface area (TPSA) is 165 Å². The lowest BCUT2D eigenvalue weighted by molar-refractivity contribution is -0.770. The molecule has 9 N–H and O–H groups in total. The number of nitrogens with zero attached hydrogens (tertiary/aromatic N) is 1. The second kappa shape index (κ2) is 7.90. The molecule has 2 aromatic carbocycles. The van der Waals surface area contributed by atoms with E-state index in [1.165, 1.54) is 24.3 Å². The van der Waals surface area contributed by atoms with Crippen molar-refractivity contribution in [1.29, 1.82) is 0 Å². The van der Waals surface area contributed by atoms with Gasteiger partial charge in [-0.1, -0.05) is 0 Å². The Labute approximate surface area is 166 Å². The lowest BCUT2D eigenvalue weighted by atomic mass is 10.2. The average molecular weight is 398 g/mol. The molecule has 0 radical (unpaired) electrons. The Bertz CT molecular complexity index is 936. The van der Waals surface area contributed by atoms with Crippen LogP contribution in [0.2, 0.25) is 0 Å². The third-order valence-electron chi connectivity index (χ3n) is 4.27. The molecule has 1 aliphatic rings. The van der Waals surface area contributed by atoms with E-state index >= 15 is 0 Å². The van der Waals surface area contributed by atoms with Crippen LogP contribution >= 0.6 is 0 Å². The molecular formula is C19H22N6O4+2. The van der Waals surface area contributed by atoms with E-state index in [0.29, 0.717) is 11.4 Å². The highest BCUT2D eigenvalue weighted by atomic mass is 16.3. The van der Waals surface area contributed by atoms with Gasteiger partial charge in [-0.15, -0.1) is 0 Å². The molecule has 0 saturated carbocycles. The number of aromatic hydroxyl groups is 2. The van der Waals surface area contributed by atoms with E-state index in [-0.39, 0.29) is 40.4 Å². The van der Waals surface area contributed by atoms with Gasteiger partial charge < -0.3 is 32.3 Å². The molecule has 0 saturated heterocycles. The number of phenolic OH excluding ortho intramolecular Hbond substituents is 2. The Balaban J connectivity index is 1.68. The molecule has 1 aliphatic heterocycles. The Kier molecular flexibility index (Phi) is 5.37. The number of nitrogen functional groups attached to an aromatic ring is 2. The summed E-state index contributed by atoms with van der Waals surface area (Å²) in [7, 11) is 0. The SMILES string of the molecule is Nc1ccc(NC(=O)C[N+]2(CC(=O)Nc3ccc(N)cc3O)C=C[NH+]=C2)c(O)c1. The van der Waals surface area contributed by atoms with Gasteiger partial charge in [-0.25, -0.2) is 0 Å². The number of benzene rings is 2. The van der Waals surface area contributed by atoms with E-state index in [0.717, 1.165) is 0 Å². The van der Waals surface area contributed by atoms with Crippen molar-refractivity contribution in [3.63, 3.8) is 0 Å². The molecule has 2 aromatic rings. The molecular weight excluding hydrogens is 376 g/mol. The minimum atomic E-state index is -0.419. The number of hydrogen-bond donors (Lipinski definition) is 7. The number of anilines is 4.